The fourth-order valence-corrected chi connectivity index (χ4v) is 1.31. The predicted octanol–water partition coefficient (Wildman–Crippen LogP) is 1.39. The van der Waals surface area contributed by atoms with Crippen LogP contribution in [0.2, 0.25) is 0 Å². The number of nitrogens with two attached hydrogens (primary N) is 1. The molecule has 0 unspecified atom stereocenters. The van der Waals surface area contributed by atoms with Gasteiger partial charge in [-0.2, -0.15) is 5.10 Å². The minimum absolute atomic E-state index is 0.0173. The number of amidine groups is 1. The second-order valence-electron chi connectivity index (χ2n) is 4.41. The number of nitrogen functional groups attached to an aromatic ring is 1. The van der Waals surface area contributed by atoms with Crippen molar-refractivity contribution in [3.63, 3.8) is 0 Å². The summed E-state index contributed by atoms with van der Waals surface area (Å²) in [4.78, 5) is 2.01. The molecular weight excluding hydrogens is 202 g/mol. The van der Waals surface area contributed by atoms with Crippen LogP contribution in [0, 0.1) is 5.41 Å². The van der Waals surface area contributed by atoms with Gasteiger partial charge in [-0.15, -0.1) is 5.10 Å². The van der Waals surface area contributed by atoms with Crippen molar-refractivity contribution in [3.8, 4) is 0 Å². The third-order valence-electron chi connectivity index (χ3n) is 3.08. The van der Waals surface area contributed by atoms with Crippen LogP contribution >= 0.6 is 0 Å². The molecule has 0 spiro atoms. The molecule has 5 heteroatoms. The zero-order valence-corrected chi connectivity index (χ0v) is 10.3. The number of hydrogen-bond donors (Lipinski definition) is 2. The number of aromatic nitrogens is 2. The summed E-state index contributed by atoms with van der Waals surface area (Å²) >= 11 is 0. The van der Waals surface area contributed by atoms with Gasteiger partial charge in [0.25, 0.3) is 0 Å². The Morgan fingerprint density at radius 3 is 2.69 bits per heavy atom. The lowest BCUT2D eigenvalue weighted by Crippen LogP contribution is -2.42. The summed E-state index contributed by atoms with van der Waals surface area (Å²) in [6.07, 6.45) is 2.52. The molecular formula is C11H19N5. The maximum absolute atomic E-state index is 7.51. The van der Waals surface area contributed by atoms with Crippen molar-refractivity contribution in [3.05, 3.63) is 17.8 Å². The van der Waals surface area contributed by atoms with Crippen LogP contribution in [0.4, 0.5) is 5.82 Å². The summed E-state index contributed by atoms with van der Waals surface area (Å²) < 4.78 is 0. The summed E-state index contributed by atoms with van der Waals surface area (Å²) in [5.41, 5.74) is 6.11. The molecule has 0 saturated heterocycles. The van der Waals surface area contributed by atoms with E-state index in [9.17, 15) is 0 Å². The minimum Gasteiger partial charge on any atom is -0.384 e. The predicted molar refractivity (Wildman–Crippen MR) is 65.8 cm³/mol. The van der Waals surface area contributed by atoms with E-state index in [-0.39, 0.29) is 11.4 Å². The smallest absolute Gasteiger partial charge is 0.162 e. The zero-order valence-electron chi connectivity index (χ0n) is 10.3. The monoisotopic (exact) mass is 221 g/mol. The normalized spacial score (nSPS) is 11.2. The molecule has 5 nitrogen and oxygen atoms in total. The maximum atomic E-state index is 7.51. The SMILES string of the molecule is CCC(C)(C)N(C)c1nnccc1C(=N)N. The number of anilines is 1. The average Bonchev–Trinajstić information content (AvgIpc) is 2.28. The zero-order chi connectivity index (χ0) is 12.3. The van der Waals surface area contributed by atoms with Gasteiger partial charge in [0.2, 0.25) is 0 Å². The van der Waals surface area contributed by atoms with E-state index < -0.39 is 0 Å². The quantitative estimate of drug-likeness (QED) is 0.594. The van der Waals surface area contributed by atoms with Gasteiger partial charge in [0, 0.05) is 12.6 Å². The fourth-order valence-electron chi connectivity index (χ4n) is 1.31. The molecule has 3 N–H and O–H groups in total. The van der Waals surface area contributed by atoms with Crippen LogP contribution in [-0.2, 0) is 0 Å². The van der Waals surface area contributed by atoms with E-state index in [0.717, 1.165) is 6.42 Å². The lowest BCUT2D eigenvalue weighted by molar-refractivity contribution is 0.465. The largest absolute Gasteiger partial charge is 0.384 e. The summed E-state index contributed by atoms with van der Waals surface area (Å²) in [5, 5.41) is 15.4. The molecule has 0 aliphatic heterocycles. The molecule has 1 aromatic rings. The summed E-state index contributed by atoms with van der Waals surface area (Å²) in [5.74, 6) is 0.672. The van der Waals surface area contributed by atoms with E-state index >= 15 is 0 Å². The molecule has 1 rings (SSSR count). The first-order valence-electron chi connectivity index (χ1n) is 5.30. The van der Waals surface area contributed by atoms with Gasteiger partial charge in [-0.25, -0.2) is 0 Å². The molecule has 0 aromatic carbocycles. The number of hydrogen-bond acceptors (Lipinski definition) is 4. The van der Waals surface area contributed by atoms with Crippen LogP contribution in [0.25, 0.3) is 0 Å². The number of nitrogens with one attached hydrogen (secondary N) is 1. The van der Waals surface area contributed by atoms with E-state index in [1.165, 1.54) is 0 Å². The highest BCUT2D eigenvalue weighted by Crippen LogP contribution is 2.24. The van der Waals surface area contributed by atoms with Crippen molar-refractivity contribution < 1.29 is 0 Å². The molecule has 16 heavy (non-hydrogen) atoms. The molecule has 0 amide bonds. The van der Waals surface area contributed by atoms with Gasteiger partial charge in [-0.05, 0) is 26.3 Å². The first kappa shape index (κ1) is 12.4. The molecule has 0 radical (unpaired) electrons. The van der Waals surface area contributed by atoms with Crippen molar-refractivity contribution in [2.75, 3.05) is 11.9 Å². The highest BCUT2D eigenvalue weighted by atomic mass is 15.3. The van der Waals surface area contributed by atoms with Crippen LogP contribution in [0.5, 0.6) is 0 Å². The molecule has 0 saturated carbocycles. The Labute approximate surface area is 96.2 Å². The molecule has 0 atom stereocenters. The highest BCUT2D eigenvalue weighted by molar-refractivity contribution is 5.99. The van der Waals surface area contributed by atoms with Gasteiger partial charge in [-0.1, -0.05) is 6.92 Å². The summed E-state index contributed by atoms with van der Waals surface area (Å²) in [7, 11) is 1.94. The van der Waals surface area contributed by atoms with E-state index in [1.807, 2.05) is 11.9 Å². The Hall–Kier alpha value is -1.65. The van der Waals surface area contributed by atoms with E-state index in [1.54, 1.807) is 12.3 Å². The average molecular weight is 221 g/mol. The van der Waals surface area contributed by atoms with Crippen LogP contribution in [0.1, 0.15) is 32.8 Å². The van der Waals surface area contributed by atoms with Gasteiger partial charge < -0.3 is 10.6 Å². The van der Waals surface area contributed by atoms with Gasteiger partial charge in [-0.3, -0.25) is 5.41 Å². The summed E-state index contributed by atoms with van der Waals surface area (Å²) in [6, 6.07) is 1.72. The standard InChI is InChI=1S/C11H19N5/c1-5-11(2,3)16(4)10-8(9(12)13)6-7-14-15-10/h6-7H,5H2,1-4H3,(H3,12,13). The van der Waals surface area contributed by atoms with Crippen LogP contribution in [0.15, 0.2) is 12.3 Å². The first-order valence-corrected chi connectivity index (χ1v) is 5.30. The lowest BCUT2D eigenvalue weighted by atomic mass is 9.99. The first-order chi connectivity index (χ1) is 7.40. The molecule has 0 bridgehead atoms. The Morgan fingerprint density at radius 2 is 2.19 bits per heavy atom. The molecule has 88 valence electrons. The number of nitrogens with zero attached hydrogens (tertiary/aromatic N) is 3. The van der Waals surface area contributed by atoms with Crippen molar-refractivity contribution in [1.29, 1.82) is 5.41 Å². The van der Waals surface area contributed by atoms with Crippen LogP contribution < -0.4 is 10.6 Å². The van der Waals surface area contributed by atoms with Crippen molar-refractivity contribution in [2.24, 2.45) is 5.73 Å². The molecule has 0 aliphatic rings. The Kier molecular flexibility index (Phi) is 3.47. The van der Waals surface area contributed by atoms with E-state index in [4.69, 9.17) is 11.1 Å². The maximum Gasteiger partial charge on any atom is 0.162 e. The Balaban J connectivity index is 3.18. The van der Waals surface area contributed by atoms with Gasteiger partial charge >= 0.3 is 0 Å². The number of rotatable bonds is 4. The topological polar surface area (TPSA) is 78.9 Å². The van der Waals surface area contributed by atoms with Crippen LogP contribution in [-0.4, -0.2) is 28.6 Å². The third-order valence-corrected chi connectivity index (χ3v) is 3.08. The fraction of sp³-hybridized carbons (Fsp3) is 0.545. The van der Waals surface area contributed by atoms with E-state index in [2.05, 4.69) is 31.0 Å². The van der Waals surface area contributed by atoms with Gasteiger partial charge in [0.05, 0.1) is 11.8 Å². The summed E-state index contributed by atoms with van der Waals surface area (Å²) in [6.45, 7) is 6.34. The van der Waals surface area contributed by atoms with Crippen LogP contribution in [0.3, 0.4) is 0 Å². The highest BCUT2D eigenvalue weighted by Gasteiger charge is 2.25. The third kappa shape index (κ3) is 2.29. The Morgan fingerprint density at radius 1 is 1.56 bits per heavy atom. The van der Waals surface area contributed by atoms with Gasteiger partial charge in [0.1, 0.15) is 5.84 Å². The van der Waals surface area contributed by atoms with Crippen molar-refractivity contribution >= 4 is 11.7 Å². The Bertz CT molecular complexity index is 386. The molecule has 0 aliphatic carbocycles. The van der Waals surface area contributed by atoms with Gasteiger partial charge in [0.15, 0.2) is 5.82 Å². The molecule has 1 aromatic heterocycles. The van der Waals surface area contributed by atoms with E-state index in [0.29, 0.717) is 11.4 Å². The molecule has 1 heterocycles. The minimum atomic E-state index is -0.0414. The lowest BCUT2D eigenvalue weighted by Gasteiger charge is -2.36. The van der Waals surface area contributed by atoms with Crippen molar-refractivity contribution in [1.82, 2.24) is 10.2 Å². The second-order valence-corrected chi connectivity index (χ2v) is 4.41. The second kappa shape index (κ2) is 4.47. The molecule has 0 fully saturated rings. The van der Waals surface area contributed by atoms with Crippen molar-refractivity contribution in [2.45, 2.75) is 32.7 Å².